The van der Waals surface area contributed by atoms with Crippen LogP contribution in [-0.2, 0) is 28.4 Å². The Morgan fingerprint density at radius 3 is 2.40 bits per heavy atom. The summed E-state index contributed by atoms with van der Waals surface area (Å²) in [5.74, 6) is -0.128. The quantitative estimate of drug-likeness (QED) is 0.816. The van der Waals surface area contributed by atoms with Crippen LogP contribution in [0.2, 0.25) is 0 Å². The summed E-state index contributed by atoms with van der Waals surface area (Å²) >= 11 is 0. The van der Waals surface area contributed by atoms with E-state index in [0.29, 0.717) is 25.9 Å². The first-order chi connectivity index (χ1) is 11.8. The van der Waals surface area contributed by atoms with E-state index in [1.54, 1.807) is 11.9 Å². The summed E-state index contributed by atoms with van der Waals surface area (Å²) in [6.45, 7) is 0.946. The molecule has 1 N–H and O–H groups in total. The Bertz CT molecular complexity index is 952. The number of amides is 1. The van der Waals surface area contributed by atoms with Crippen LogP contribution in [0.5, 0.6) is 0 Å². The molecule has 0 atom stereocenters. The number of imidazole rings is 1. The molecule has 3 rings (SSSR count). The maximum absolute atomic E-state index is 12.6. The fraction of sp³-hybridized carbons (Fsp3) is 0.500. The fourth-order valence-corrected chi connectivity index (χ4v) is 4.14. The molecule has 1 aliphatic heterocycles. The van der Waals surface area contributed by atoms with Crippen molar-refractivity contribution in [1.29, 1.82) is 0 Å². The fourth-order valence-electron chi connectivity index (χ4n) is 3.30. The third-order valence-corrected chi connectivity index (χ3v) is 5.33. The van der Waals surface area contributed by atoms with Crippen LogP contribution >= 0.6 is 0 Å². The number of nitrogens with zero attached hydrogens (tertiary/aromatic N) is 3. The molecule has 1 aromatic heterocycles. The number of carbonyl (C=O) groups is 1. The van der Waals surface area contributed by atoms with Gasteiger partial charge >= 0.3 is 5.69 Å². The maximum Gasteiger partial charge on any atom is 0.329 e. The molecular formula is C16H22N4O4S. The van der Waals surface area contributed by atoms with Crippen molar-refractivity contribution in [3.8, 4) is 0 Å². The van der Waals surface area contributed by atoms with Gasteiger partial charge < -0.3 is 4.90 Å². The van der Waals surface area contributed by atoms with E-state index in [1.807, 2.05) is 24.3 Å². The minimum absolute atomic E-state index is 0.00957. The van der Waals surface area contributed by atoms with Crippen LogP contribution in [0.1, 0.15) is 12.8 Å². The number of benzene rings is 1. The van der Waals surface area contributed by atoms with Gasteiger partial charge in [-0.2, -0.15) is 0 Å². The van der Waals surface area contributed by atoms with Crippen LogP contribution in [0.25, 0.3) is 11.0 Å². The zero-order chi connectivity index (χ0) is 18.2. The van der Waals surface area contributed by atoms with Crippen LogP contribution in [0.3, 0.4) is 0 Å². The molecule has 0 bridgehead atoms. The van der Waals surface area contributed by atoms with Crippen LogP contribution in [0, 0.1) is 0 Å². The molecule has 0 unspecified atom stereocenters. The van der Waals surface area contributed by atoms with Gasteiger partial charge in [0.2, 0.25) is 15.9 Å². The number of hydrogen-bond acceptors (Lipinski definition) is 4. The number of para-hydroxylation sites is 2. The van der Waals surface area contributed by atoms with Gasteiger partial charge in [-0.3, -0.25) is 13.9 Å². The number of rotatable bonds is 4. The zero-order valence-electron chi connectivity index (χ0n) is 14.3. The SMILES string of the molecule is Cn1c(=O)n(CC(=O)N2CCC(NS(C)(=O)=O)CC2)c2ccccc21. The van der Waals surface area contributed by atoms with E-state index in [4.69, 9.17) is 0 Å². The van der Waals surface area contributed by atoms with E-state index >= 15 is 0 Å². The standard InChI is InChI=1S/C16H22N4O4S/c1-18-13-5-3-4-6-14(13)20(16(18)22)11-15(21)19-9-7-12(8-10-19)17-25(2,23)24/h3-6,12,17H,7-11H2,1-2H3. The number of hydrogen-bond donors (Lipinski definition) is 1. The van der Waals surface area contributed by atoms with Gasteiger partial charge in [-0.15, -0.1) is 0 Å². The second-order valence-corrected chi connectivity index (χ2v) is 8.24. The van der Waals surface area contributed by atoms with Crippen molar-refractivity contribution in [2.24, 2.45) is 7.05 Å². The third-order valence-electron chi connectivity index (χ3n) is 4.57. The molecule has 0 aliphatic carbocycles. The normalized spacial score (nSPS) is 16.5. The highest BCUT2D eigenvalue weighted by atomic mass is 32.2. The minimum atomic E-state index is -3.24. The highest BCUT2D eigenvalue weighted by Crippen LogP contribution is 2.14. The molecule has 9 heteroatoms. The van der Waals surface area contributed by atoms with E-state index in [9.17, 15) is 18.0 Å². The van der Waals surface area contributed by atoms with Crippen molar-refractivity contribution in [2.45, 2.75) is 25.4 Å². The van der Waals surface area contributed by atoms with Crippen molar-refractivity contribution >= 4 is 27.0 Å². The second kappa shape index (κ2) is 6.64. The Balaban J connectivity index is 1.70. The van der Waals surface area contributed by atoms with E-state index < -0.39 is 10.0 Å². The molecule has 2 aromatic rings. The first kappa shape index (κ1) is 17.7. The monoisotopic (exact) mass is 366 g/mol. The Morgan fingerprint density at radius 1 is 1.20 bits per heavy atom. The van der Waals surface area contributed by atoms with Gasteiger partial charge in [0.1, 0.15) is 6.54 Å². The topological polar surface area (TPSA) is 93.4 Å². The van der Waals surface area contributed by atoms with Crippen molar-refractivity contribution in [1.82, 2.24) is 18.8 Å². The average molecular weight is 366 g/mol. The molecule has 1 saturated heterocycles. The summed E-state index contributed by atoms with van der Waals surface area (Å²) in [5.41, 5.74) is 1.30. The highest BCUT2D eigenvalue weighted by molar-refractivity contribution is 7.88. The molecule has 25 heavy (non-hydrogen) atoms. The second-order valence-electron chi connectivity index (χ2n) is 6.46. The molecule has 1 amide bonds. The van der Waals surface area contributed by atoms with Gasteiger partial charge in [0.05, 0.1) is 17.3 Å². The largest absolute Gasteiger partial charge is 0.341 e. The molecule has 0 saturated carbocycles. The molecule has 1 fully saturated rings. The van der Waals surface area contributed by atoms with Crippen LogP contribution in [0.15, 0.2) is 29.1 Å². The molecule has 136 valence electrons. The Hall–Kier alpha value is -2.13. The summed E-state index contributed by atoms with van der Waals surface area (Å²) in [5, 5.41) is 0. The molecule has 0 spiro atoms. The predicted octanol–water partition coefficient (Wildman–Crippen LogP) is -0.120. The molecule has 2 heterocycles. The summed E-state index contributed by atoms with van der Waals surface area (Å²) < 4.78 is 28.2. The molecule has 1 aromatic carbocycles. The van der Waals surface area contributed by atoms with Gasteiger partial charge in [-0.1, -0.05) is 12.1 Å². The average Bonchev–Trinajstić information content (AvgIpc) is 2.79. The number of sulfonamides is 1. The number of fused-ring (bicyclic) bond motifs is 1. The lowest BCUT2D eigenvalue weighted by Crippen LogP contribution is -2.47. The van der Waals surface area contributed by atoms with Crippen LogP contribution in [0.4, 0.5) is 0 Å². The van der Waals surface area contributed by atoms with Crippen molar-refractivity contribution < 1.29 is 13.2 Å². The number of nitrogens with one attached hydrogen (secondary N) is 1. The number of likely N-dealkylation sites (tertiary alicyclic amines) is 1. The maximum atomic E-state index is 12.6. The van der Waals surface area contributed by atoms with E-state index in [-0.39, 0.29) is 24.2 Å². The zero-order valence-corrected chi connectivity index (χ0v) is 15.1. The van der Waals surface area contributed by atoms with Crippen molar-refractivity contribution in [3.05, 3.63) is 34.7 Å². The summed E-state index contributed by atoms with van der Waals surface area (Å²) in [7, 11) is -1.55. The third kappa shape index (κ3) is 3.77. The lowest BCUT2D eigenvalue weighted by molar-refractivity contribution is -0.132. The van der Waals surface area contributed by atoms with Gasteiger partial charge in [-0.05, 0) is 25.0 Å². The Morgan fingerprint density at radius 2 is 1.80 bits per heavy atom. The first-order valence-corrected chi connectivity index (χ1v) is 10.0. The molecule has 1 aliphatic rings. The van der Waals surface area contributed by atoms with E-state index in [2.05, 4.69) is 4.72 Å². The predicted molar refractivity (Wildman–Crippen MR) is 94.8 cm³/mol. The minimum Gasteiger partial charge on any atom is -0.341 e. The summed E-state index contributed by atoms with van der Waals surface area (Å²) in [6.07, 6.45) is 2.28. The van der Waals surface area contributed by atoms with Crippen molar-refractivity contribution in [3.63, 3.8) is 0 Å². The first-order valence-electron chi connectivity index (χ1n) is 8.15. The number of carbonyl (C=O) groups excluding carboxylic acids is 1. The highest BCUT2D eigenvalue weighted by Gasteiger charge is 2.25. The van der Waals surface area contributed by atoms with Gasteiger partial charge in [0, 0.05) is 26.2 Å². The van der Waals surface area contributed by atoms with Gasteiger partial charge in [0.15, 0.2) is 0 Å². The van der Waals surface area contributed by atoms with Crippen LogP contribution in [-0.4, -0.2) is 53.7 Å². The Labute approximate surface area is 146 Å². The lowest BCUT2D eigenvalue weighted by Gasteiger charge is -2.32. The van der Waals surface area contributed by atoms with Gasteiger partial charge in [0.25, 0.3) is 0 Å². The smallest absolute Gasteiger partial charge is 0.329 e. The number of aromatic nitrogens is 2. The van der Waals surface area contributed by atoms with Crippen molar-refractivity contribution in [2.75, 3.05) is 19.3 Å². The van der Waals surface area contributed by atoms with Gasteiger partial charge in [-0.25, -0.2) is 17.9 Å². The number of aryl methyl sites for hydroxylation is 1. The van der Waals surface area contributed by atoms with E-state index in [1.165, 1.54) is 9.13 Å². The lowest BCUT2D eigenvalue weighted by atomic mass is 10.1. The molecule has 0 radical (unpaired) electrons. The summed E-state index contributed by atoms with van der Waals surface area (Å²) in [6, 6.07) is 7.23. The Kier molecular flexibility index (Phi) is 4.70. The van der Waals surface area contributed by atoms with Crippen LogP contribution < -0.4 is 10.4 Å². The number of piperidine rings is 1. The molecular weight excluding hydrogens is 344 g/mol. The summed E-state index contributed by atoms with van der Waals surface area (Å²) in [4.78, 5) is 26.7. The molecule has 8 nitrogen and oxygen atoms in total. The van der Waals surface area contributed by atoms with E-state index in [0.717, 1.165) is 17.3 Å².